The van der Waals surface area contributed by atoms with Gasteiger partial charge in [0.25, 0.3) is 5.91 Å². The summed E-state index contributed by atoms with van der Waals surface area (Å²) in [5, 5.41) is 0. The summed E-state index contributed by atoms with van der Waals surface area (Å²) >= 11 is 1.41. The fourth-order valence-corrected chi connectivity index (χ4v) is 2.89. The van der Waals surface area contributed by atoms with Crippen molar-refractivity contribution in [3.63, 3.8) is 0 Å². The summed E-state index contributed by atoms with van der Waals surface area (Å²) in [7, 11) is 0. The number of carbonyl (C=O) groups is 1. The number of thiophene rings is 1. The fourth-order valence-electron chi connectivity index (χ4n) is 2.00. The average molecular weight is 305 g/mol. The number of carbonyl (C=O) groups excluding carboxylic acids is 1. The largest absolute Gasteiger partial charge is 0.486 e. The van der Waals surface area contributed by atoms with Crippen LogP contribution < -0.4 is 15.0 Å². The maximum absolute atomic E-state index is 11.8. The van der Waals surface area contributed by atoms with E-state index in [9.17, 15) is 4.79 Å². The number of hydroxylamine groups is 1. The highest BCUT2D eigenvalue weighted by atomic mass is 32.1. The topological polar surface area (TPSA) is 56.8 Å². The van der Waals surface area contributed by atoms with Gasteiger partial charge in [0.15, 0.2) is 11.5 Å². The lowest BCUT2D eigenvalue weighted by Crippen LogP contribution is -2.22. The predicted octanol–water partition coefficient (Wildman–Crippen LogP) is 2.87. The van der Waals surface area contributed by atoms with Crippen molar-refractivity contribution in [1.29, 1.82) is 0 Å². The van der Waals surface area contributed by atoms with Crippen molar-refractivity contribution >= 4 is 17.2 Å². The molecule has 2 aromatic rings. The molecule has 0 saturated heterocycles. The lowest BCUT2D eigenvalue weighted by Gasteiger charge is -2.18. The van der Waals surface area contributed by atoms with Crippen molar-refractivity contribution in [1.82, 2.24) is 5.48 Å². The maximum atomic E-state index is 11.8. The van der Waals surface area contributed by atoms with Gasteiger partial charge >= 0.3 is 0 Å². The molecule has 1 aromatic carbocycles. The van der Waals surface area contributed by atoms with Gasteiger partial charge in [0.05, 0.1) is 11.5 Å². The van der Waals surface area contributed by atoms with E-state index in [2.05, 4.69) is 5.48 Å². The number of nitrogens with one attached hydrogen (secondary N) is 1. The Balaban J connectivity index is 1.81. The molecule has 0 unspecified atom stereocenters. The van der Waals surface area contributed by atoms with Crippen LogP contribution in [0.3, 0.4) is 0 Å². The first-order valence-electron chi connectivity index (χ1n) is 6.70. The van der Waals surface area contributed by atoms with E-state index in [4.69, 9.17) is 14.3 Å². The molecule has 0 aliphatic carbocycles. The number of amides is 1. The van der Waals surface area contributed by atoms with Gasteiger partial charge in [-0.2, -0.15) is 0 Å². The van der Waals surface area contributed by atoms with Crippen molar-refractivity contribution in [3.05, 3.63) is 35.2 Å². The number of ether oxygens (including phenoxy) is 2. The van der Waals surface area contributed by atoms with Crippen molar-refractivity contribution in [2.24, 2.45) is 0 Å². The molecule has 3 rings (SSSR count). The summed E-state index contributed by atoms with van der Waals surface area (Å²) in [5.41, 5.74) is 3.39. The SMILES string of the molecule is CCONC(=O)c1ccc(-c2ccc3c(c2)OCCO3)s1. The van der Waals surface area contributed by atoms with E-state index in [-0.39, 0.29) is 5.91 Å². The van der Waals surface area contributed by atoms with E-state index in [1.165, 1.54) is 11.3 Å². The minimum Gasteiger partial charge on any atom is -0.486 e. The number of hydrogen-bond donors (Lipinski definition) is 1. The first kappa shape index (κ1) is 13.9. The molecule has 6 heteroatoms. The Labute approximate surface area is 126 Å². The second-order valence-electron chi connectivity index (χ2n) is 4.39. The standard InChI is InChI=1S/C15H15NO4S/c1-2-20-16-15(17)14-6-5-13(21-14)10-3-4-11-12(9-10)19-8-7-18-11/h3-6,9H,2,7-8H2,1H3,(H,16,17). The maximum Gasteiger partial charge on any atom is 0.284 e. The molecule has 21 heavy (non-hydrogen) atoms. The van der Waals surface area contributed by atoms with Crippen LogP contribution in [0.2, 0.25) is 0 Å². The van der Waals surface area contributed by atoms with Crippen LogP contribution in [0.5, 0.6) is 11.5 Å². The Bertz CT molecular complexity index is 653. The molecule has 0 bridgehead atoms. The highest BCUT2D eigenvalue weighted by Crippen LogP contribution is 2.36. The normalized spacial score (nSPS) is 13.0. The van der Waals surface area contributed by atoms with Gasteiger partial charge < -0.3 is 9.47 Å². The molecule has 5 nitrogen and oxygen atoms in total. The third-order valence-electron chi connectivity index (χ3n) is 2.97. The van der Waals surface area contributed by atoms with Crippen molar-refractivity contribution in [2.45, 2.75) is 6.92 Å². The van der Waals surface area contributed by atoms with Crippen LogP contribution in [-0.4, -0.2) is 25.7 Å². The van der Waals surface area contributed by atoms with Crippen LogP contribution in [0.25, 0.3) is 10.4 Å². The number of benzene rings is 1. The second kappa shape index (κ2) is 6.15. The molecule has 2 heterocycles. The molecule has 0 fully saturated rings. The molecule has 0 radical (unpaired) electrons. The summed E-state index contributed by atoms with van der Waals surface area (Å²) in [6, 6.07) is 9.49. The lowest BCUT2D eigenvalue weighted by atomic mass is 10.1. The summed E-state index contributed by atoms with van der Waals surface area (Å²) in [6.07, 6.45) is 0. The third-order valence-corrected chi connectivity index (χ3v) is 4.10. The van der Waals surface area contributed by atoms with Gasteiger partial charge in [-0.25, -0.2) is 5.48 Å². The van der Waals surface area contributed by atoms with Gasteiger partial charge in [-0.1, -0.05) is 0 Å². The van der Waals surface area contributed by atoms with Crippen LogP contribution in [0.4, 0.5) is 0 Å². The Kier molecular flexibility index (Phi) is 4.08. The monoisotopic (exact) mass is 305 g/mol. The lowest BCUT2D eigenvalue weighted by molar-refractivity contribution is 0.0368. The van der Waals surface area contributed by atoms with Crippen molar-refractivity contribution < 1.29 is 19.1 Å². The first-order chi connectivity index (χ1) is 10.3. The number of rotatable bonds is 4. The van der Waals surface area contributed by atoms with Crippen LogP contribution >= 0.6 is 11.3 Å². The Morgan fingerprint density at radius 1 is 1.24 bits per heavy atom. The zero-order valence-corrected chi connectivity index (χ0v) is 12.4. The highest BCUT2D eigenvalue weighted by Gasteiger charge is 2.14. The smallest absolute Gasteiger partial charge is 0.284 e. The van der Waals surface area contributed by atoms with Gasteiger partial charge in [-0.15, -0.1) is 11.3 Å². The molecule has 1 aromatic heterocycles. The quantitative estimate of drug-likeness (QED) is 0.883. The Morgan fingerprint density at radius 3 is 2.86 bits per heavy atom. The van der Waals surface area contributed by atoms with Gasteiger partial charge in [-0.05, 0) is 42.8 Å². The van der Waals surface area contributed by atoms with Crippen LogP contribution in [-0.2, 0) is 4.84 Å². The van der Waals surface area contributed by atoms with E-state index in [1.54, 1.807) is 6.07 Å². The molecule has 1 amide bonds. The zero-order chi connectivity index (χ0) is 14.7. The summed E-state index contributed by atoms with van der Waals surface area (Å²) in [4.78, 5) is 18.3. The zero-order valence-electron chi connectivity index (χ0n) is 11.5. The summed E-state index contributed by atoms with van der Waals surface area (Å²) in [5.74, 6) is 1.27. The van der Waals surface area contributed by atoms with Crippen LogP contribution in [0, 0.1) is 0 Å². The number of fused-ring (bicyclic) bond motifs is 1. The summed E-state index contributed by atoms with van der Waals surface area (Å²) < 4.78 is 11.1. The third kappa shape index (κ3) is 3.01. The van der Waals surface area contributed by atoms with Gasteiger partial charge in [0, 0.05) is 4.88 Å². The molecular weight excluding hydrogens is 290 g/mol. The molecule has 110 valence electrons. The fraction of sp³-hybridized carbons (Fsp3) is 0.267. The molecule has 0 spiro atoms. The average Bonchev–Trinajstić information content (AvgIpc) is 3.02. The van der Waals surface area contributed by atoms with Crippen molar-refractivity contribution in [2.75, 3.05) is 19.8 Å². The first-order valence-corrected chi connectivity index (χ1v) is 7.51. The second-order valence-corrected chi connectivity index (χ2v) is 5.47. The van der Waals surface area contributed by atoms with Crippen molar-refractivity contribution in [3.8, 4) is 21.9 Å². The predicted molar refractivity (Wildman–Crippen MR) is 79.8 cm³/mol. The van der Waals surface area contributed by atoms with E-state index >= 15 is 0 Å². The molecule has 1 N–H and O–H groups in total. The van der Waals surface area contributed by atoms with Crippen LogP contribution in [0.15, 0.2) is 30.3 Å². The van der Waals surface area contributed by atoms with Crippen LogP contribution in [0.1, 0.15) is 16.6 Å². The highest BCUT2D eigenvalue weighted by molar-refractivity contribution is 7.17. The summed E-state index contributed by atoms with van der Waals surface area (Å²) in [6.45, 7) is 3.39. The molecule has 0 atom stereocenters. The Morgan fingerprint density at radius 2 is 2.05 bits per heavy atom. The minimum absolute atomic E-state index is 0.231. The van der Waals surface area contributed by atoms with Gasteiger partial charge in [0.1, 0.15) is 13.2 Å². The van der Waals surface area contributed by atoms with E-state index in [1.807, 2.05) is 31.2 Å². The number of hydrogen-bond acceptors (Lipinski definition) is 5. The van der Waals surface area contributed by atoms with Gasteiger partial charge in [-0.3, -0.25) is 9.63 Å². The van der Waals surface area contributed by atoms with Gasteiger partial charge in [0.2, 0.25) is 0 Å². The van der Waals surface area contributed by atoms with E-state index in [0.29, 0.717) is 24.7 Å². The molecule has 1 aliphatic rings. The van der Waals surface area contributed by atoms with E-state index < -0.39 is 0 Å². The minimum atomic E-state index is -0.231. The molecular formula is C15H15NO4S. The Hall–Kier alpha value is -2.05. The molecule has 1 aliphatic heterocycles. The van der Waals surface area contributed by atoms with E-state index in [0.717, 1.165) is 21.9 Å². The molecule has 0 saturated carbocycles.